The molecule has 3 aromatic rings. The SMILES string of the molecule is CCCc1ccc([C@H](N[C@H](C)C(=O)Nc2ccccc2OC)c2cccs2)cc1. The van der Waals surface area contributed by atoms with Crippen LogP contribution in [-0.2, 0) is 11.2 Å². The summed E-state index contributed by atoms with van der Waals surface area (Å²) >= 11 is 1.69. The van der Waals surface area contributed by atoms with E-state index in [0.29, 0.717) is 11.4 Å². The first-order valence-electron chi connectivity index (χ1n) is 9.94. The normalized spacial score (nSPS) is 12.9. The Balaban J connectivity index is 1.76. The van der Waals surface area contributed by atoms with Crippen LogP contribution >= 0.6 is 11.3 Å². The van der Waals surface area contributed by atoms with Gasteiger partial charge in [-0.1, -0.05) is 55.8 Å². The molecule has 0 aliphatic rings. The van der Waals surface area contributed by atoms with Crippen LogP contribution in [0.2, 0.25) is 0 Å². The van der Waals surface area contributed by atoms with Crippen LogP contribution in [0.3, 0.4) is 0 Å². The number of nitrogens with one attached hydrogen (secondary N) is 2. The fourth-order valence-electron chi connectivity index (χ4n) is 3.28. The number of para-hydroxylation sites is 2. The van der Waals surface area contributed by atoms with Gasteiger partial charge in [-0.25, -0.2) is 0 Å². The first-order valence-corrected chi connectivity index (χ1v) is 10.8. The third-order valence-corrected chi connectivity index (χ3v) is 5.79. The Morgan fingerprint density at radius 1 is 1.07 bits per heavy atom. The quantitative estimate of drug-likeness (QED) is 0.497. The van der Waals surface area contributed by atoms with Crippen molar-refractivity contribution < 1.29 is 9.53 Å². The number of rotatable bonds is 9. The van der Waals surface area contributed by atoms with Crippen LogP contribution in [0.1, 0.15) is 42.3 Å². The molecule has 152 valence electrons. The summed E-state index contributed by atoms with van der Waals surface area (Å²) in [6.07, 6.45) is 2.21. The molecule has 1 heterocycles. The summed E-state index contributed by atoms with van der Waals surface area (Å²) in [7, 11) is 1.60. The Morgan fingerprint density at radius 2 is 1.83 bits per heavy atom. The van der Waals surface area contributed by atoms with Gasteiger partial charge in [0.1, 0.15) is 5.75 Å². The van der Waals surface area contributed by atoms with Gasteiger partial charge in [0.15, 0.2) is 0 Å². The highest BCUT2D eigenvalue weighted by Crippen LogP contribution is 2.28. The number of methoxy groups -OCH3 is 1. The van der Waals surface area contributed by atoms with Crippen molar-refractivity contribution in [2.45, 2.75) is 38.8 Å². The molecule has 0 unspecified atom stereocenters. The van der Waals surface area contributed by atoms with E-state index in [4.69, 9.17) is 4.74 Å². The molecule has 2 N–H and O–H groups in total. The predicted molar refractivity (Wildman–Crippen MR) is 121 cm³/mol. The van der Waals surface area contributed by atoms with Crippen LogP contribution in [0.25, 0.3) is 0 Å². The molecule has 0 fully saturated rings. The summed E-state index contributed by atoms with van der Waals surface area (Å²) in [6, 6.07) is 19.8. The molecule has 29 heavy (non-hydrogen) atoms. The van der Waals surface area contributed by atoms with Crippen molar-refractivity contribution in [1.29, 1.82) is 0 Å². The van der Waals surface area contributed by atoms with Crippen LogP contribution in [-0.4, -0.2) is 19.1 Å². The zero-order valence-electron chi connectivity index (χ0n) is 17.1. The Morgan fingerprint density at radius 3 is 2.48 bits per heavy atom. The molecule has 1 aromatic heterocycles. The molecular formula is C24H28N2O2S. The van der Waals surface area contributed by atoms with Crippen molar-refractivity contribution in [2.24, 2.45) is 0 Å². The molecule has 0 bridgehead atoms. The molecule has 2 atom stereocenters. The first-order chi connectivity index (χ1) is 14.1. The lowest BCUT2D eigenvalue weighted by Gasteiger charge is -2.23. The summed E-state index contributed by atoms with van der Waals surface area (Å²) in [5.74, 6) is 0.549. The average Bonchev–Trinajstić information content (AvgIpc) is 3.27. The summed E-state index contributed by atoms with van der Waals surface area (Å²) < 4.78 is 5.33. The maximum absolute atomic E-state index is 12.8. The van der Waals surface area contributed by atoms with E-state index in [1.54, 1.807) is 18.4 Å². The number of aryl methyl sites for hydroxylation is 1. The standard InChI is InChI=1S/C24H28N2O2S/c1-4-8-18-12-14-19(15-13-18)23(22-11-7-16-29-22)25-17(2)24(27)26-20-9-5-6-10-21(20)28-3/h5-7,9-17,23,25H,4,8H2,1-3H3,(H,26,27)/t17-,23+/m1/s1. The van der Waals surface area contributed by atoms with Crippen LogP contribution in [0.4, 0.5) is 5.69 Å². The van der Waals surface area contributed by atoms with Gasteiger partial charge in [-0.05, 0) is 48.1 Å². The van der Waals surface area contributed by atoms with E-state index in [9.17, 15) is 4.79 Å². The lowest BCUT2D eigenvalue weighted by molar-refractivity contribution is -0.117. The third kappa shape index (κ3) is 5.46. The summed E-state index contributed by atoms with van der Waals surface area (Å²) in [5, 5.41) is 8.53. The van der Waals surface area contributed by atoms with E-state index < -0.39 is 0 Å². The van der Waals surface area contributed by atoms with Crippen molar-refractivity contribution in [1.82, 2.24) is 5.32 Å². The Kier molecular flexibility index (Phi) is 7.44. The summed E-state index contributed by atoms with van der Waals surface area (Å²) in [6.45, 7) is 4.07. The van der Waals surface area contributed by atoms with E-state index in [1.165, 1.54) is 10.4 Å². The molecule has 5 heteroatoms. The van der Waals surface area contributed by atoms with Crippen molar-refractivity contribution in [3.63, 3.8) is 0 Å². The highest BCUT2D eigenvalue weighted by Gasteiger charge is 2.22. The number of hydrogen-bond acceptors (Lipinski definition) is 4. The molecule has 2 aromatic carbocycles. The molecule has 1 amide bonds. The van der Waals surface area contributed by atoms with Crippen LogP contribution in [0.15, 0.2) is 66.0 Å². The zero-order valence-corrected chi connectivity index (χ0v) is 18.0. The molecule has 4 nitrogen and oxygen atoms in total. The second-order valence-electron chi connectivity index (χ2n) is 7.02. The number of ether oxygens (including phenoxy) is 1. The topological polar surface area (TPSA) is 50.4 Å². The van der Waals surface area contributed by atoms with Gasteiger partial charge < -0.3 is 10.1 Å². The monoisotopic (exact) mass is 408 g/mol. The Bertz CT molecular complexity index is 907. The second-order valence-corrected chi connectivity index (χ2v) is 8.00. The van der Waals surface area contributed by atoms with Crippen LogP contribution in [0.5, 0.6) is 5.75 Å². The minimum absolute atomic E-state index is 0.0379. The summed E-state index contributed by atoms with van der Waals surface area (Å²) in [5.41, 5.74) is 3.16. The molecule has 0 saturated carbocycles. The van der Waals surface area contributed by atoms with Crippen molar-refractivity contribution in [2.75, 3.05) is 12.4 Å². The molecule has 3 rings (SSSR count). The van der Waals surface area contributed by atoms with Gasteiger partial charge in [0.05, 0.1) is 24.9 Å². The van der Waals surface area contributed by atoms with Gasteiger partial charge >= 0.3 is 0 Å². The average molecular weight is 409 g/mol. The molecule has 0 aliphatic carbocycles. The number of carbonyl (C=O) groups excluding carboxylic acids is 1. The maximum atomic E-state index is 12.8. The lowest BCUT2D eigenvalue weighted by Crippen LogP contribution is -2.40. The van der Waals surface area contributed by atoms with Gasteiger partial charge in [0.2, 0.25) is 5.91 Å². The van der Waals surface area contributed by atoms with Gasteiger partial charge in [0.25, 0.3) is 0 Å². The minimum Gasteiger partial charge on any atom is -0.495 e. The highest BCUT2D eigenvalue weighted by molar-refractivity contribution is 7.10. The number of carbonyl (C=O) groups is 1. The summed E-state index contributed by atoms with van der Waals surface area (Å²) in [4.78, 5) is 14.0. The number of amides is 1. The van der Waals surface area contributed by atoms with E-state index in [0.717, 1.165) is 18.4 Å². The number of hydrogen-bond donors (Lipinski definition) is 2. The van der Waals surface area contributed by atoms with E-state index >= 15 is 0 Å². The fourth-order valence-corrected chi connectivity index (χ4v) is 4.09. The molecule has 0 radical (unpaired) electrons. The number of thiophene rings is 1. The molecule has 0 saturated heterocycles. The van der Waals surface area contributed by atoms with E-state index in [-0.39, 0.29) is 18.0 Å². The lowest BCUT2D eigenvalue weighted by atomic mass is 10.0. The number of benzene rings is 2. The Labute approximate surface area is 176 Å². The fraction of sp³-hybridized carbons (Fsp3) is 0.292. The predicted octanol–water partition coefficient (Wildman–Crippen LogP) is 5.42. The highest BCUT2D eigenvalue weighted by atomic mass is 32.1. The largest absolute Gasteiger partial charge is 0.495 e. The molecular weight excluding hydrogens is 380 g/mol. The Hall–Kier alpha value is -2.63. The van der Waals surface area contributed by atoms with Crippen LogP contribution in [0, 0.1) is 0 Å². The van der Waals surface area contributed by atoms with Crippen molar-refractivity contribution >= 4 is 22.9 Å². The van der Waals surface area contributed by atoms with Gasteiger partial charge in [-0.2, -0.15) is 0 Å². The zero-order chi connectivity index (χ0) is 20.6. The maximum Gasteiger partial charge on any atom is 0.241 e. The van der Waals surface area contributed by atoms with Crippen molar-refractivity contribution in [3.8, 4) is 5.75 Å². The minimum atomic E-state index is -0.387. The van der Waals surface area contributed by atoms with Crippen molar-refractivity contribution in [3.05, 3.63) is 82.0 Å². The first kappa shape index (κ1) is 21.1. The third-order valence-electron chi connectivity index (χ3n) is 4.85. The second kappa shape index (κ2) is 10.2. The van der Waals surface area contributed by atoms with Crippen LogP contribution < -0.4 is 15.4 Å². The van der Waals surface area contributed by atoms with Gasteiger partial charge in [0, 0.05) is 4.88 Å². The van der Waals surface area contributed by atoms with Gasteiger partial charge in [-0.15, -0.1) is 11.3 Å². The smallest absolute Gasteiger partial charge is 0.241 e. The van der Waals surface area contributed by atoms with Gasteiger partial charge in [-0.3, -0.25) is 10.1 Å². The molecule has 0 spiro atoms. The van der Waals surface area contributed by atoms with E-state index in [1.807, 2.05) is 37.3 Å². The van der Waals surface area contributed by atoms with E-state index in [2.05, 4.69) is 53.3 Å². The molecule has 0 aliphatic heterocycles. The number of anilines is 1.